The molecule has 114 valence electrons. The van der Waals surface area contributed by atoms with E-state index in [9.17, 15) is 12.8 Å². The summed E-state index contributed by atoms with van der Waals surface area (Å²) in [5.74, 6) is -0.596. The zero-order valence-electron chi connectivity index (χ0n) is 11.6. The smallest absolute Gasteiger partial charge is 0.262 e. The van der Waals surface area contributed by atoms with Crippen molar-refractivity contribution >= 4 is 27.0 Å². The van der Waals surface area contributed by atoms with Crippen LogP contribution < -0.4 is 10.0 Å². The maximum atomic E-state index is 13.5. The standard InChI is InChI=1S/C14H17FN2O2S2/c1-2-7-16-9-11-8-12(10-20-11)21(18,19)17-14-6-4-3-5-13(14)15/h3-6,8,10,16-17H,2,7,9H2,1H3. The van der Waals surface area contributed by atoms with Crippen molar-refractivity contribution in [3.05, 3.63) is 46.4 Å². The highest BCUT2D eigenvalue weighted by Crippen LogP contribution is 2.23. The van der Waals surface area contributed by atoms with Gasteiger partial charge in [0.2, 0.25) is 0 Å². The fraction of sp³-hybridized carbons (Fsp3) is 0.286. The normalized spacial score (nSPS) is 11.5. The largest absolute Gasteiger partial charge is 0.312 e. The molecule has 0 aliphatic rings. The average molecular weight is 328 g/mol. The van der Waals surface area contributed by atoms with Crippen LogP contribution in [0.1, 0.15) is 18.2 Å². The van der Waals surface area contributed by atoms with Gasteiger partial charge in [-0.25, -0.2) is 12.8 Å². The molecule has 0 aliphatic carbocycles. The van der Waals surface area contributed by atoms with Gasteiger partial charge in [-0.05, 0) is 31.2 Å². The summed E-state index contributed by atoms with van der Waals surface area (Å²) in [6.07, 6.45) is 1.02. The van der Waals surface area contributed by atoms with Crippen LogP contribution in [0.25, 0.3) is 0 Å². The number of nitrogens with one attached hydrogen (secondary N) is 2. The minimum atomic E-state index is -3.75. The molecule has 1 aromatic carbocycles. The third-order valence-electron chi connectivity index (χ3n) is 2.78. The van der Waals surface area contributed by atoms with Gasteiger partial charge in [0.1, 0.15) is 5.82 Å². The number of halogens is 1. The van der Waals surface area contributed by atoms with Gasteiger partial charge in [0.05, 0.1) is 10.6 Å². The van der Waals surface area contributed by atoms with Gasteiger partial charge in [-0.3, -0.25) is 4.72 Å². The lowest BCUT2D eigenvalue weighted by Gasteiger charge is -2.07. The first kappa shape index (κ1) is 15.9. The molecule has 0 aliphatic heterocycles. The van der Waals surface area contributed by atoms with Crippen molar-refractivity contribution in [3.63, 3.8) is 0 Å². The third-order valence-corrected chi connectivity index (χ3v) is 5.22. The maximum Gasteiger partial charge on any atom is 0.262 e. The molecule has 0 spiro atoms. The number of rotatable bonds is 7. The molecule has 21 heavy (non-hydrogen) atoms. The first-order chi connectivity index (χ1) is 10.0. The molecule has 2 rings (SSSR count). The number of anilines is 1. The summed E-state index contributed by atoms with van der Waals surface area (Å²) in [5.41, 5.74) is -0.0469. The Bertz CT molecular complexity index is 699. The van der Waals surface area contributed by atoms with E-state index in [4.69, 9.17) is 0 Å². The van der Waals surface area contributed by atoms with Crippen molar-refractivity contribution in [2.75, 3.05) is 11.3 Å². The van der Waals surface area contributed by atoms with Crippen LogP contribution in [0.4, 0.5) is 10.1 Å². The number of benzene rings is 1. The van der Waals surface area contributed by atoms with E-state index in [1.54, 1.807) is 17.5 Å². The lowest BCUT2D eigenvalue weighted by molar-refractivity contribution is 0.598. The van der Waals surface area contributed by atoms with Crippen LogP contribution in [0.15, 0.2) is 40.6 Å². The minimum Gasteiger partial charge on any atom is -0.312 e. The van der Waals surface area contributed by atoms with Crippen molar-refractivity contribution in [3.8, 4) is 0 Å². The number of hydrogen-bond donors (Lipinski definition) is 2. The molecular weight excluding hydrogens is 311 g/mol. The second-order valence-corrected chi connectivity index (χ2v) is 7.19. The monoisotopic (exact) mass is 328 g/mol. The summed E-state index contributed by atoms with van der Waals surface area (Å²) in [4.78, 5) is 1.08. The fourth-order valence-corrected chi connectivity index (χ4v) is 4.04. The van der Waals surface area contributed by atoms with Gasteiger partial charge in [-0.15, -0.1) is 11.3 Å². The van der Waals surface area contributed by atoms with Crippen molar-refractivity contribution in [1.29, 1.82) is 0 Å². The Labute approximate surface area is 128 Å². The van der Waals surface area contributed by atoms with E-state index in [-0.39, 0.29) is 10.6 Å². The highest BCUT2D eigenvalue weighted by Gasteiger charge is 2.17. The molecule has 0 amide bonds. The van der Waals surface area contributed by atoms with Gasteiger partial charge < -0.3 is 5.32 Å². The Morgan fingerprint density at radius 2 is 2.05 bits per heavy atom. The first-order valence-electron chi connectivity index (χ1n) is 6.58. The molecular formula is C14H17FN2O2S2. The average Bonchev–Trinajstić information content (AvgIpc) is 2.91. The molecule has 0 bridgehead atoms. The molecule has 0 saturated carbocycles. The van der Waals surface area contributed by atoms with Crippen LogP contribution in [0.5, 0.6) is 0 Å². The quantitative estimate of drug-likeness (QED) is 0.768. The second kappa shape index (κ2) is 7.02. The summed E-state index contributed by atoms with van der Waals surface area (Å²) in [5, 5.41) is 4.77. The van der Waals surface area contributed by atoms with E-state index in [1.807, 2.05) is 0 Å². The Morgan fingerprint density at radius 3 is 2.76 bits per heavy atom. The molecule has 0 saturated heterocycles. The van der Waals surface area contributed by atoms with Gasteiger partial charge >= 0.3 is 0 Å². The van der Waals surface area contributed by atoms with Crippen molar-refractivity contribution < 1.29 is 12.8 Å². The minimum absolute atomic E-state index is 0.0469. The molecule has 1 aromatic heterocycles. The first-order valence-corrected chi connectivity index (χ1v) is 8.94. The van der Waals surface area contributed by atoms with Crippen molar-refractivity contribution in [2.24, 2.45) is 0 Å². The zero-order valence-corrected chi connectivity index (χ0v) is 13.2. The van der Waals surface area contributed by atoms with E-state index in [2.05, 4.69) is 17.0 Å². The van der Waals surface area contributed by atoms with Gasteiger partial charge in [-0.1, -0.05) is 19.1 Å². The van der Waals surface area contributed by atoms with Gasteiger partial charge in [0.15, 0.2) is 0 Å². The number of hydrogen-bond acceptors (Lipinski definition) is 4. The number of para-hydroxylation sites is 1. The maximum absolute atomic E-state index is 13.5. The molecule has 0 atom stereocenters. The Balaban J connectivity index is 2.11. The van der Waals surface area contributed by atoms with Crippen molar-refractivity contribution in [2.45, 2.75) is 24.8 Å². The Kier molecular flexibility index (Phi) is 5.33. The predicted molar refractivity (Wildman–Crippen MR) is 83.5 cm³/mol. The van der Waals surface area contributed by atoms with Crippen LogP contribution in [0.2, 0.25) is 0 Å². The van der Waals surface area contributed by atoms with Gasteiger partial charge in [-0.2, -0.15) is 0 Å². The summed E-state index contributed by atoms with van der Waals surface area (Å²) >= 11 is 1.37. The van der Waals surface area contributed by atoms with Crippen LogP contribution >= 0.6 is 11.3 Å². The van der Waals surface area contributed by atoms with Crippen LogP contribution in [0, 0.1) is 5.82 Å². The molecule has 2 aromatic rings. The molecule has 0 unspecified atom stereocenters. The molecule has 1 heterocycles. The highest BCUT2D eigenvalue weighted by molar-refractivity contribution is 7.92. The Morgan fingerprint density at radius 1 is 1.29 bits per heavy atom. The molecule has 7 heteroatoms. The summed E-state index contributed by atoms with van der Waals surface area (Å²) in [6.45, 7) is 3.58. The van der Waals surface area contributed by atoms with Crippen molar-refractivity contribution in [1.82, 2.24) is 5.32 Å². The van der Waals surface area contributed by atoms with E-state index in [1.165, 1.54) is 29.5 Å². The Hall–Kier alpha value is -1.44. The number of sulfonamides is 1. The lowest BCUT2D eigenvalue weighted by atomic mass is 10.3. The SMILES string of the molecule is CCCNCc1cc(S(=O)(=O)Nc2ccccc2F)cs1. The summed E-state index contributed by atoms with van der Waals surface area (Å²) < 4.78 is 40.2. The molecule has 0 fully saturated rings. The van der Waals surface area contributed by atoms with Gasteiger partial charge in [0, 0.05) is 16.8 Å². The number of thiophene rings is 1. The van der Waals surface area contributed by atoms with E-state index < -0.39 is 15.8 Å². The van der Waals surface area contributed by atoms with Crippen LogP contribution in [0.3, 0.4) is 0 Å². The topological polar surface area (TPSA) is 58.2 Å². The van der Waals surface area contributed by atoms with Gasteiger partial charge in [0.25, 0.3) is 10.0 Å². The predicted octanol–water partition coefficient (Wildman–Crippen LogP) is 3.19. The molecule has 4 nitrogen and oxygen atoms in total. The van der Waals surface area contributed by atoms with E-state index >= 15 is 0 Å². The zero-order chi connectivity index (χ0) is 15.3. The van der Waals surface area contributed by atoms with Crippen LogP contribution in [-0.4, -0.2) is 15.0 Å². The van der Waals surface area contributed by atoms with E-state index in [0.717, 1.165) is 17.8 Å². The molecule has 0 radical (unpaired) electrons. The van der Waals surface area contributed by atoms with E-state index in [0.29, 0.717) is 6.54 Å². The summed E-state index contributed by atoms with van der Waals surface area (Å²) in [6, 6.07) is 7.30. The molecule has 2 N–H and O–H groups in total. The fourth-order valence-electron chi connectivity index (χ4n) is 1.73. The summed E-state index contributed by atoms with van der Waals surface area (Å²) in [7, 11) is -3.75. The second-order valence-electron chi connectivity index (χ2n) is 4.51. The highest BCUT2D eigenvalue weighted by atomic mass is 32.2. The van der Waals surface area contributed by atoms with Crippen LogP contribution in [-0.2, 0) is 16.6 Å². The third kappa shape index (κ3) is 4.26. The lowest BCUT2D eigenvalue weighted by Crippen LogP contribution is -2.14.